The molecule has 0 radical (unpaired) electrons. The van der Waals surface area contributed by atoms with Crippen molar-refractivity contribution in [2.24, 2.45) is 0 Å². The fourth-order valence-electron chi connectivity index (χ4n) is 3.64. The number of anilines is 1. The number of alkyl halides is 3. The second kappa shape index (κ2) is 9.46. The molecule has 0 spiro atoms. The van der Waals surface area contributed by atoms with Crippen LogP contribution in [-0.4, -0.2) is 46.2 Å². The first kappa shape index (κ1) is 23.5. The normalized spacial score (nSPS) is 11.7. The molecule has 184 valence electrons. The first-order valence-corrected chi connectivity index (χ1v) is 11.7. The lowest BCUT2D eigenvalue weighted by atomic mass is 10.1. The number of carbonyl (C=O) groups is 1. The Hall–Kier alpha value is -4.19. The van der Waals surface area contributed by atoms with Crippen molar-refractivity contribution in [1.29, 1.82) is 0 Å². The van der Waals surface area contributed by atoms with Crippen LogP contribution in [0.3, 0.4) is 0 Å². The average molecular weight is 513 g/mol. The van der Waals surface area contributed by atoms with Gasteiger partial charge in [-0.1, -0.05) is 35.5 Å². The van der Waals surface area contributed by atoms with E-state index in [4.69, 9.17) is 4.98 Å². The molecule has 5 rings (SSSR count). The van der Waals surface area contributed by atoms with Crippen molar-refractivity contribution < 1.29 is 22.5 Å². The van der Waals surface area contributed by atoms with Crippen LogP contribution in [0.1, 0.15) is 16.2 Å². The first-order valence-electron chi connectivity index (χ1n) is 10.8. The number of carbonyl (C=O) groups excluding carboxylic acids is 1. The number of aromatic amines is 1. The number of nitrogens with zero attached hydrogens (tertiary/aromatic N) is 4. The molecule has 0 unspecified atom stereocenters. The van der Waals surface area contributed by atoms with E-state index in [0.717, 1.165) is 27.3 Å². The third-order valence-corrected chi connectivity index (χ3v) is 6.42. The van der Waals surface area contributed by atoms with Crippen LogP contribution < -0.4 is 10.2 Å². The van der Waals surface area contributed by atoms with Gasteiger partial charge in [0.1, 0.15) is 0 Å². The number of fused-ring (bicyclic) bond motifs is 1. The molecule has 0 aliphatic rings. The van der Waals surface area contributed by atoms with Gasteiger partial charge in [-0.15, -0.1) is 11.3 Å². The number of H-pyrrole nitrogens is 1. The molecule has 12 heteroatoms. The average Bonchev–Trinajstić information content (AvgIpc) is 3.63. The van der Waals surface area contributed by atoms with Gasteiger partial charge in [-0.05, 0) is 18.2 Å². The fraction of sp³-hybridized carbons (Fsp3) is 0.167. The maximum Gasteiger partial charge on any atom is 0.471 e. The van der Waals surface area contributed by atoms with E-state index in [-0.39, 0.29) is 22.9 Å². The zero-order valence-corrected chi connectivity index (χ0v) is 19.7. The molecule has 5 aromatic rings. The van der Waals surface area contributed by atoms with Gasteiger partial charge in [-0.3, -0.25) is 4.79 Å². The first-order chi connectivity index (χ1) is 17.3. The lowest BCUT2D eigenvalue weighted by Gasteiger charge is -2.16. The molecule has 0 atom stereocenters. The van der Waals surface area contributed by atoms with Crippen LogP contribution in [0.15, 0.2) is 64.6 Å². The highest BCUT2D eigenvalue weighted by molar-refractivity contribution is 7.14. The number of para-hydroxylation sites is 1. The van der Waals surface area contributed by atoms with Gasteiger partial charge in [0.2, 0.25) is 5.82 Å². The maximum absolute atomic E-state index is 12.7. The molecule has 0 saturated heterocycles. The molecule has 1 amide bonds. The van der Waals surface area contributed by atoms with Gasteiger partial charge in [0.05, 0.1) is 5.69 Å². The van der Waals surface area contributed by atoms with Crippen molar-refractivity contribution in [2.75, 3.05) is 25.0 Å². The number of rotatable bonds is 7. The SMILES string of the molecule is CN(CCNC(=O)c1cccc(-c2noc(C(F)(F)F)n2)c1)c1nc(-c2c[nH]c3ccccc23)cs1. The lowest BCUT2D eigenvalue weighted by molar-refractivity contribution is -0.159. The predicted octanol–water partition coefficient (Wildman–Crippen LogP) is 5.23. The van der Waals surface area contributed by atoms with E-state index in [1.54, 1.807) is 12.1 Å². The van der Waals surface area contributed by atoms with Gasteiger partial charge < -0.3 is 19.7 Å². The Bertz CT molecular complexity index is 1520. The van der Waals surface area contributed by atoms with Gasteiger partial charge in [0.15, 0.2) is 5.13 Å². The van der Waals surface area contributed by atoms with Crippen LogP contribution >= 0.6 is 11.3 Å². The molecule has 0 fully saturated rings. The Kier molecular flexibility index (Phi) is 6.18. The van der Waals surface area contributed by atoms with Gasteiger partial charge >= 0.3 is 12.1 Å². The molecule has 36 heavy (non-hydrogen) atoms. The van der Waals surface area contributed by atoms with Crippen LogP contribution in [0.5, 0.6) is 0 Å². The Morgan fingerprint density at radius 2 is 2.00 bits per heavy atom. The highest BCUT2D eigenvalue weighted by Gasteiger charge is 2.38. The molecule has 0 aliphatic carbocycles. The number of thiazole rings is 1. The molecule has 2 aromatic carbocycles. The molecule has 3 aromatic heterocycles. The van der Waals surface area contributed by atoms with Gasteiger partial charge in [0, 0.05) is 59.3 Å². The minimum atomic E-state index is -4.74. The minimum absolute atomic E-state index is 0.242. The monoisotopic (exact) mass is 512 g/mol. The number of nitrogens with one attached hydrogen (secondary N) is 2. The largest absolute Gasteiger partial charge is 0.471 e. The molecule has 8 nitrogen and oxygen atoms in total. The van der Waals surface area contributed by atoms with E-state index in [9.17, 15) is 18.0 Å². The van der Waals surface area contributed by atoms with Crippen molar-refractivity contribution in [3.05, 3.63) is 71.6 Å². The molecule has 0 aliphatic heterocycles. The Morgan fingerprint density at radius 1 is 1.17 bits per heavy atom. The van der Waals surface area contributed by atoms with E-state index < -0.39 is 12.1 Å². The zero-order valence-electron chi connectivity index (χ0n) is 18.8. The van der Waals surface area contributed by atoms with Crippen LogP contribution in [0, 0.1) is 0 Å². The van der Waals surface area contributed by atoms with Crippen molar-refractivity contribution >= 4 is 33.3 Å². The number of amides is 1. The molecular formula is C24H19F3N6O2S. The molecular weight excluding hydrogens is 493 g/mol. The van der Waals surface area contributed by atoms with Gasteiger partial charge in [-0.2, -0.15) is 18.2 Å². The molecule has 2 N–H and O–H groups in total. The highest BCUT2D eigenvalue weighted by atomic mass is 32.1. The number of halogens is 3. The molecule has 0 bridgehead atoms. The summed E-state index contributed by atoms with van der Waals surface area (Å²) in [5, 5.41) is 10.1. The number of benzene rings is 2. The van der Waals surface area contributed by atoms with E-state index in [1.165, 1.54) is 23.5 Å². The van der Waals surface area contributed by atoms with E-state index in [2.05, 4.69) is 25.0 Å². The highest BCUT2D eigenvalue weighted by Crippen LogP contribution is 2.32. The predicted molar refractivity (Wildman–Crippen MR) is 130 cm³/mol. The van der Waals surface area contributed by atoms with Crippen LogP contribution in [0.4, 0.5) is 18.3 Å². The summed E-state index contributed by atoms with van der Waals surface area (Å²) in [5.74, 6) is -2.06. The number of aromatic nitrogens is 4. The summed E-state index contributed by atoms with van der Waals surface area (Å²) in [5.41, 5.74) is 3.45. The van der Waals surface area contributed by atoms with Crippen LogP contribution in [-0.2, 0) is 6.18 Å². The summed E-state index contributed by atoms with van der Waals surface area (Å²) in [6.07, 6.45) is -2.80. The number of hydrogen-bond acceptors (Lipinski definition) is 7. The Morgan fingerprint density at radius 3 is 2.81 bits per heavy atom. The van der Waals surface area contributed by atoms with E-state index in [1.807, 2.05) is 47.8 Å². The second-order valence-electron chi connectivity index (χ2n) is 7.94. The quantitative estimate of drug-likeness (QED) is 0.310. The van der Waals surface area contributed by atoms with E-state index in [0.29, 0.717) is 13.1 Å². The number of hydrogen-bond donors (Lipinski definition) is 2. The smallest absolute Gasteiger partial charge is 0.360 e. The molecule has 0 saturated carbocycles. The van der Waals surface area contributed by atoms with Crippen molar-refractivity contribution in [1.82, 2.24) is 25.4 Å². The topological polar surface area (TPSA) is 99.9 Å². The third-order valence-electron chi connectivity index (χ3n) is 5.47. The van der Waals surface area contributed by atoms with Crippen LogP contribution in [0.2, 0.25) is 0 Å². The third kappa shape index (κ3) is 4.80. The van der Waals surface area contributed by atoms with Crippen molar-refractivity contribution in [3.63, 3.8) is 0 Å². The summed E-state index contributed by atoms with van der Waals surface area (Å²) in [6.45, 7) is 0.841. The Labute approximate surface area is 206 Å². The summed E-state index contributed by atoms with van der Waals surface area (Å²) in [6, 6.07) is 14.0. The zero-order chi connectivity index (χ0) is 25.3. The number of likely N-dealkylation sites (N-methyl/N-ethyl adjacent to an activating group) is 1. The summed E-state index contributed by atoms with van der Waals surface area (Å²) in [4.78, 5) is 25.9. The summed E-state index contributed by atoms with van der Waals surface area (Å²) >= 11 is 1.51. The lowest BCUT2D eigenvalue weighted by Crippen LogP contribution is -2.32. The van der Waals surface area contributed by atoms with E-state index >= 15 is 0 Å². The van der Waals surface area contributed by atoms with Crippen molar-refractivity contribution in [2.45, 2.75) is 6.18 Å². The van der Waals surface area contributed by atoms with Crippen molar-refractivity contribution in [3.8, 4) is 22.6 Å². The van der Waals surface area contributed by atoms with Gasteiger partial charge in [-0.25, -0.2) is 4.98 Å². The Balaban J connectivity index is 1.19. The standard InChI is InChI=1S/C24H19F3N6O2S/c1-33(23-30-19(13-36-23)17-12-29-18-8-3-2-7-16(17)18)10-9-28-21(34)15-6-4-5-14(11-15)20-31-22(35-32-20)24(25,26)27/h2-8,11-13,29H,9-10H2,1H3,(H,28,34). The van der Waals surface area contributed by atoms with Gasteiger partial charge in [0.25, 0.3) is 5.91 Å². The fourth-order valence-corrected chi connectivity index (χ4v) is 4.46. The molecule has 3 heterocycles. The van der Waals surface area contributed by atoms with Crippen LogP contribution in [0.25, 0.3) is 33.5 Å². The maximum atomic E-state index is 12.7. The summed E-state index contributed by atoms with van der Waals surface area (Å²) in [7, 11) is 1.89. The second-order valence-corrected chi connectivity index (χ2v) is 8.78. The minimum Gasteiger partial charge on any atom is -0.360 e. The summed E-state index contributed by atoms with van der Waals surface area (Å²) < 4.78 is 42.4.